The van der Waals surface area contributed by atoms with Crippen LogP contribution in [0.2, 0.25) is 5.02 Å². The van der Waals surface area contributed by atoms with Crippen molar-refractivity contribution in [3.8, 4) is 16.9 Å². The molecule has 0 spiro atoms. The minimum absolute atomic E-state index is 0.0905. The van der Waals surface area contributed by atoms with Gasteiger partial charge in [0, 0.05) is 23.0 Å². The molecular weight excluding hydrogens is 481 g/mol. The van der Waals surface area contributed by atoms with Crippen LogP contribution in [0.4, 0.5) is 13.2 Å². The lowest BCUT2D eigenvalue weighted by molar-refractivity contribution is -0.137. The smallest absolute Gasteiger partial charge is 0.249 e. The molecule has 0 aliphatic carbocycles. The van der Waals surface area contributed by atoms with Crippen LogP contribution >= 0.6 is 11.6 Å². The molecule has 0 bridgehead atoms. The van der Waals surface area contributed by atoms with Crippen LogP contribution in [0.5, 0.6) is 0 Å². The zero-order valence-electron chi connectivity index (χ0n) is 17.3. The fourth-order valence-electron chi connectivity index (χ4n) is 3.36. The first-order chi connectivity index (χ1) is 15.4. The predicted octanol–water partition coefficient (Wildman–Crippen LogP) is 4.32. The first-order valence-electron chi connectivity index (χ1n) is 9.60. The first-order valence-corrected chi connectivity index (χ1v) is 11.6. The van der Waals surface area contributed by atoms with E-state index in [1.807, 2.05) is 0 Å². The SMILES string of the molecule is CCS(=O)(=O)c1cc(-c2ccc(Cl)cc2C)cnc1-n1nc2ccc(C(F)(F)F)cn2c1=O. The Balaban J connectivity index is 1.97. The van der Waals surface area contributed by atoms with E-state index in [9.17, 15) is 26.4 Å². The van der Waals surface area contributed by atoms with Gasteiger partial charge >= 0.3 is 11.9 Å². The van der Waals surface area contributed by atoms with Gasteiger partial charge in [-0.1, -0.05) is 24.6 Å². The summed E-state index contributed by atoms with van der Waals surface area (Å²) in [4.78, 5) is 16.8. The van der Waals surface area contributed by atoms with Gasteiger partial charge in [0.1, 0.15) is 4.90 Å². The van der Waals surface area contributed by atoms with Crippen molar-refractivity contribution in [1.29, 1.82) is 0 Å². The Morgan fingerprint density at radius 2 is 1.85 bits per heavy atom. The molecule has 3 aromatic heterocycles. The molecular formula is C21H16ClF3N4O3S. The van der Waals surface area contributed by atoms with Crippen LogP contribution < -0.4 is 5.69 Å². The number of hydrogen-bond donors (Lipinski definition) is 0. The summed E-state index contributed by atoms with van der Waals surface area (Å²) >= 11 is 6.00. The number of sulfone groups is 1. The van der Waals surface area contributed by atoms with E-state index in [1.165, 1.54) is 19.2 Å². The first kappa shape index (κ1) is 23.0. The molecule has 0 amide bonds. The molecule has 172 valence electrons. The lowest BCUT2D eigenvalue weighted by Crippen LogP contribution is -2.23. The van der Waals surface area contributed by atoms with Crippen molar-refractivity contribution >= 4 is 27.1 Å². The molecule has 0 saturated carbocycles. The predicted molar refractivity (Wildman–Crippen MR) is 116 cm³/mol. The van der Waals surface area contributed by atoms with E-state index in [2.05, 4.69) is 10.1 Å². The molecule has 0 atom stereocenters. The summed E-state index contributed by atoms with van der Waals surface area (Å²) in [6.07, 6.45) is -2.68. The second-order valence-electron chi connectivity index (χ2n) is 7.25. The molecule has 0 N–H and O–H groups in total. The highest BCUT2D eigenvalue weighted by Gasteiger charge is 2.31. The summed E-state index contributed by atoms with van der Waals surface area (Å²) in [6, 6.07) is 8.26. The van der Waals surface area contributed by atoms with Crippen molar-refractivity contribution in [1.82, 2.24) is 19.2 Å². The topological polar surface area (TPSA) is 86.3 Å². The summed E-state index contributed by atoms with van der Waals surface area (Å²) in [5.41, 5.74) is -0.181. The van der Waals surface area contributed by atoms with Crippen LogP contribution in [0, 0.1) is 6.92 Å². The average molecular weight is 497 g/mol. The van der Waals surface area contributed by atoms with E-state index in [-0.39, 0.29) is 22.1 Å². The Morgan fingerprint density at radius 1 is 1.12 bits per heavy atom. The number of nitrogens with zero attached hydrogens (tertiary/aromatic N) is 4. The van der Waals surface area contributed by atoms with Crippen molar-refractivity contribution in [3.63, 3.8) is 0 Å². The van der Waals surface area contributed by atoms with E-state index >= 15 is 0 Å². The number of rotatable bonds is 4. The maximum absolute atomic E-state index is 13.1. The van der Waals surface area contributed by atoms with E-state index < -0.39 is 27.3 Å². The summed E-state index contributed by atoms with van der Waals surface area (Å²) in [5, 5.41) is 4.51. The highest BCUT2D eigenvalue weighted by atomic mass is 35.5. The van der Waals surface area contributed by atoms with Gasteiger partial charge in [0.2, 0.25) is 0 Å². The second kappa shape index (κ2) is 7.99. The fourth-order valence-corrected chi connectivity index (χ4v) is 4.62. The number of aryl methyl sites for hydroxylation is 1. The Labute approximate surface area is 191 Å². The number of aromatic nitrogens is 4. The largest absolute Gasteiger partial charge is 0.417 e. The molecule has 0 aliphatic rings. The van der Waals surface area contributed by atoms with Gasteiger partial charge in [0.25, 0.3) is 0 Å². The van der Waals surface area contributed by atoms with Gasteiger partial charge in [-0.15, -0.1) is 5.10 Å². The monoisotopic (exact) mass is 496 g/mol. The molecule has 0 saturated heterocycles. The molecule has 12 heteroatoms. The van der Waals surface area contributed by atoms with Crippen LogP contribution in [0.3, 0.4) is 0 Å². The van der Waals surface area contributed by atoms with Crippen LogP contribution in [0.25, 0.3) is 22.6 Å². The number of fused-ring (bicyclic) bond motifs is 1. The summed E-state index contributed by atoms with van der Waals surface area (Å²) < 4.78 is 66.3. The van der Waals surface area contributed by atoms with E-state index in [0.29, 0.717) is 31.4 Å². The molecule has 1 aromatic carbocycles. The van der Waals surface area contributed by atoms with Crippen molar-refractivity contribution in [2.75, 3.05) is 5.75 Å². The molecule has 0 aliphatic heterocycles. The molecule has 0 radical (unpaired) electrons. The van der Waals surface area contributed by atoms with Gasteiger partial charge in [-0.25, -0.2) is 22.6 Å². The highest BCUT2D eigenvalue weighted by Crippen LogP contribution is 2.31. The third kappa shape index (κ3) is 4.13. The van der Waals surface area contributed by atoms with E-state index in [0.717, 1.165) is 17.7 Å². The van der Waals surface area contributed by atoms with Gasteiger partial charge in [0.05, 0.1) is 11.3 Å². The third-order valence-electron chi connectivity index (χ3n) is 5.09. The molecule has 0 unspecified atom stereocenters. The maximum Gasteiger partial charge on any atom is 0.417 e. The molecule has 0 fully saturated rings. The Morgan fingerprint density at radius 3 is 2.48 bits per heavy atom. The van der Waals surface area contributed by atoms with Gasteiger partial charge in [-0.2, -0.15) is 17.9 Å². The quantitative estimate of drug-likeness (QED) is 0.420. The number of hydrogen-bond acceptors (Lipinski definition) is 5. The van der Waals surface area contributed by atoms with Crippen molar-refractivity contribution in [2.24, 2.45) is 0 Å². The minimum atomic E-state index is -4.66. The number of benzene rings is 1. The summed E-state index contributed by atoms with van der Waals surface area (Å²) in [7, 11) is -3.89. The van der Waals surface area contributed by atoms with E-state index in [4.69, 9.17) is 11.6 Å². The zero-order valence-corrected chi connectivity index (χ0v) is 18.8. The Bertz CT molecular complexity index is 1560. The highest BCUT2D eigenvalue weighted by molar-refractivity contribution is 7.91. The molecule has 4 aromatic rings. The molecule has 3 heterocycles. The molecule has 7 nitrogen and oxygen atoms in total. The average Bonchev–Trinajstić information content (AvgIpc) is 3.08. The lowest BCUT2D eigenvalue weighted by Gasteiger charge is -2.12. The Kier molecular flexibility index (Phi) is 5.57. The lowest BCUT2D eigenvalue weighted by atomic mass is 10.0. The minimum Gasteiger partial charge on any atom is -0.249 e. The Hall–Kier alpha value is -3.18. The van der Waals surface area contributed by atoms with Gasteiger partial charge in [-0.3, -0.25) is 0 Å². The van der Waals surface area contributed by atoms with Crippen LogP contribution in [0.1, 0.15) is 18.1 Å². The van der Waals surface area contributed by atoms with Crippen molar-refractivity contribution < 1.29 is 21.6 Å². The standard InChI is InChI=1S/C21H16ClF3N4O3S/c1-3-33(31,32)17-9-13(16-6-5-15(22)8-12(16)2)10-26-19(17)29-20(30)28-11-14(21(23,24)25)4-7-18(28)27-29/h4-11H,3H2,1-2H3. The third-order valence-corrected chi connectivity index (χ3v) is 7.06. The summed E-state index contributed by atoms with van der Waals surface area (Å²) in [5.74, 6) is -0.583. The number of pyridine rings is 2. The van der Waals surface area contributed by atoms with E-state index in [1.54, 1.807) is 25.1 Å². The zero-order chi connectivity index (χ0) is 24.1. The number of alkyl halides is 3. The van der Waals surface area contributed by atoms with Crippen molar-refractivity contribution in [2.45, 2.75) is 24.9 Å². The van der Waals surface area contributed by atoms with Gasteiger partial charge < -0.3 is 0 Å². The summed E-state index contributed by atoms with van der Waals surface area (Å²) in [6.45, 7) is 3.23. The van der Waals surface area contributed by atoms with Gasteiger partial charge in [0.15, 0.2) is 21.3 Å². The normalized spacial score (nSPS) is 12.4. The molecule has 33 heavy (non-hydrogen) atoms. The number of halogens is 4. The van der Waals surface area contributed by atoms with Crippen LogP contribution in [0.15, 0.2) is 58.5 Å². The van der Waals surface area contributed by atoms with Crippen molar-refractivity contribution in [3.05, 3.63) is 75.4 Å². The fraction of sp³-hybridized carbons (Fsp3) is 0.190. The molecule has 4 rings (SSSR count). The second-order valence-corrected chi connectivity index (χ2v) is 9.93. The van der Waals surface area contributed by atoms with Crippen LogP contribution in [-0.2, 0) is 16.0 Å². The van der Waals surface area contributed by atoms with Crippen LogP contribution in [-0.4, -0.2) is 33.3 Å². The van der Waals surface area contributed by atoms with Gasteiger partial charge in [-0.05, 0) is 48.4 Å². The maximum atomic E-state index is 13.1.